The Morgan fingerprint density at radius 2 is 1.88 bits per heavy atom. The van der Waals surface area contributed by atoms with Crippen LogP contribution in [-0.4, -0.2) is 30.6 Å². The molecule has 0 bridgehead atoms. The summed E-state index contributed by atoms with van der Waals surface area (Å²) in [7, 11) is 0. The van der Waals surface area contributed by atoms with Gasteiger partial charge in [-0.15, -0.1) is 0 Å². The molecular weight excluding hydrogens is 304 g/mol. The molecule has 1 amide bonds. The van der Waals surface area contributed by atoms with E-state index in [2.05, 4.69) is 15.6 Å². The number of nitrogens with two attached hydrogens (primary N) is 1. The molecule has 1 aromatic heterocycles. The van der Waals surface area contributed by atoms with Crippen molar-refractivity contribution in [1.29, 1.82) is 0 Å². The average Bonchev–Trinajstić information content (AvgIpc) is 2.64. The number of benzene rings is 1. The van der Waals surface area contributed by atoms with Gasteiger partial charge in [-0.05, 0) is 37.1 Å². The van der Waals surface area contributed by atoms with E-state index in [0.29, 0.717) is 38.3 Å². The molecule has 6 heteroatoms. The van der Waals surface area contributed by atoms with Gasteiger partial charge in [0, 0.05) is 25.4 Å². The SMILES string of the molecule is NCC1(C(=O)Nc2ccc(Nc3ccccc3)nc2)CCOCC1. The molecule has 1 fully saturated rings. The predicted octanol–water partition coefficient (Wildman–Crippen LogP) is 2.52. The molecule has 4 N–H and O–H groups in total. The van der Waals surface area contributed by atoms with Crippen molar-refractivity contribution in [3.8, 4) is 0 Å². The molecule has 1 aliphatic rings. The second-order valence-corrected chi connectivity index (χ2v) is 5.97. The van der Waals surface area contributed by atoms with Crippen LogP contribution in [0.3, 0.4) is 0 Å². The Balaban J connectivity index is 1.64. The van der Waals surface area contributed by atoms with Gasteiger partial charge >= 0.3 is 0 Å². The first-order valence-electron chi connectivity index (χ1n) is 8.09. The van der Waals surface area contributed by atoms with Crippen LogP contribution in [0, 0.1) is 5.41 Å². The molecule has 3 rings (SSSR count). The summed E-state index contributed by atoms with van der Waals surface area (Å²) in [6.07, 6.45) is 2.94. The number of hydrogen-bond donors (Lipinski definition) is 3. The van der Waals surface area contributed by atoms with E-state index in [1.54, 1.807) is 6.20 Å². The zero-order chi connectivity index (χ0) is 16.8. The number of pyridine rings is 1. The highest BCUT2D eigenvalue weighted by atomic mass is 16.5. The third-order valence-corrected chi connectivity index (χ3v) is 4.39. The minimum absolute atomic E-state index is 0.0566. The monoisotopic (exact) mass is 326 g/mol. The van der Waals surface area contributed by atoms with Crippen LogP contribution >= 0.6 is 0 Å². The van der Waals surface area contributed by atoms with E-state index in [9.17, 15) is 4.79 Å². The first kappa shape index (κ1) is 16.4. The van der Waals surface area contributed by atoms with Crippen molar-refractivity contribution < 1.29 is 9.53 Å². The number of carbonyl (C=O) groups excluding carboxylic acids is 1. The van der Waals surface area contributed by atoms with Crippen molar-refractivity contribution in [2.24, 2.45) is 11.1 Å². The van der Waals surface area contributed by atoms with Gasteiger partial charge in [-0.3, -0.25) is 4.79 Å². The molecule has 0 atom stereocenters. The van der Waals surface area contributed by atoms with Gasteiger partial charge in [0.2, 0.25) is 5.91 Å². The fourth-order valence-electron chi connectivity index (χ4n) is 2.76. The summed E-state index contributed by atoms with van der Waals surface area (Å²) in [5, 5.41) is 6.14. The van der Waals surface area contributed by atoms with E-state index in [1.807, 2.05) is 42.5 Å². The summed E-state index contributed by atoms with van der Waals surface area (Å²) >= 11 is 0. The van der Waals surface area contributed by atoms with E-state index in [-0.39, 0.29) is 5.91 Å². The number of amides is 1. The zero-order valence-electron chi connectivity index (χ0n) is 13.5. The minimum Gasteiger partial charge on any atom is -0.381 e. The Labute approximate surface area is 141 Å². The molecule has 0 radical (unpaired) electrons. The molecule has 0 saturated carbocycles. The van der Waals surface area contributed by atoms with Gasteiger partial charge in [0.15, 0.2) is 0 Å². The maximum atomic E-state index is 12.6. The molecule has 0 aliphatic carbocycles. The lowest BCUT2D eigenvalue weighted by Crippen LogP contribution is -2.46. The van der Waals surface area contributed by atoms with Crippen LogP contribution in [0.5, 0.6) is 0 Å². The molecule has 1 aliphatic heterocycles. The summed E-state index contributed by atoms with van der Waals surface area (Å²) in [6.45, 7) is 1.47. The normalized spacial score (nSPS) is 16.4. The maximum absolute atomic E-state index is 12.6. The average molecular weight is 326 g/mol. The second-order valence-electron chi connectivity index (χ2n) is 5.97. The van der Waals surface area contributed by atoms with Crippen LogP contribution < -0.4 is 16.4 Å². The molecule has 6 nitrogen and oxygen atoms in total. The van der Waals surface area contributed by atoms with Gasteiger partial charge in [-0.2, -0.15) is 0 Å². The largest absolute Gasteiger partial charge is 0.381 e. The van der Waals surface area contributed by atoms with Crippen LogP contribution in [0.2, 0.25) is 0 Å². The number of nitrogens with zero attached hydrogens (tertiary/aromatic N) is 1. The highest BCUT2D eigenvalue weighted by Crippen LogP contribution is 2.31. The van der Waals surface area contributed by atoms with E-state index in [0.717, 1.165) is 11.5 Å². The third kappa shape index (κ3) is 3.72. The molecule has 0 spiro atoms. The van der Waals surface area contributed by atoms with E-state index < -0.39 is 5.41 Å². The van der Waals surface area contributed by atoms with Crippen molar-refractivity contribution >= 4 is 23.1 Å². The van der Waals surface area contributed by atoms with Crippen LogP contribution in [-0.2, 0) is 9.53 Å². The number of aromatic nitrogens is 1. The van der Waals surface area contributed by atoms with Crippen molar-refractivity contribution in [2.45, 2.75) is 12.8 Å². The fraction of sp³-hybridized carbons (Fsp3) is 0.333. The van der Waals surface area contributed by atoms with E-state index in [4.69, 9.17) is 10.5 Å². The van der Waals surface area contributed by atoms with Crippen molar-refractivity contribution in [1.82, 2.24) is 4.98 Å². The summed E-state index contributed by atoms with van der Waals surface area (Å²) in [5.74, 6) is 0.665. The summed E-state index contributed by atoms with van der Waals surface area (Å²) in [4.78, 5) is 16.9. The third-order valence-electron chi connectivity index (χ3n) is 4.39. The summed E-state index contributed by atoms with van der Waals surface area (Å²) in [5.41, 5.74) is 6.95. The smallest absolute Gasteiger partial charge is 0.232 e. The van der Waals surface area contributed by atoms with Crippen LogP contribution in [0.15, 0.2) is 48.7 Å². The van der Waals surface area contributed by atoms with Crippen LogP contribution in [0.4, 0.5) is 17.2 Å². The lowest BCUT2D eigenvalue weighted by Gasteiger charge is -2.34. The number of nitrogens with one attached hydrogen (secondary N) is 2. The predicted molar refractivity (Wildman–Crippen MR) is 94.1 cm³/mol. The standard InChI is InChI=1S/C18H22N4O2/c19-13-18(8-10-24-11-9-18)17(23)22-15-6-7-16(20-12-15)21-14-4-2-1-3-5-14/h1-7,12H,8-11,13,19H2,(H,20,21)(H,22,23). The number of hydrogen-bond acceptors (Lipinski definition) is 5. The van der Waals surface area contributed by atoms with Gasteiger partial charge in [-0.1, -0.05) is 18.2 Å². The summed E-state index contributed by atoms with van der Waals surface area (Å²) < 4.78 is 5.34. The molecule has 1 aromatic carbocycles. The quantitative estimate of drug-likeness (QED) is 0.785. The summed E-state index contributed by atoms with van der Waals surface area (Å²) in [6, 6.07) is 13.5. The number of para-hydroxylation sites is 1. The molecule has 2 aromatic rings. The second kappa shape index (κ2) is 7.42. The Morgan fingerprint density at radius 3 is 2.50 bits per heavy atom. The van der Waals surface area contributed by atoms with Crippen LogP contribution in [0.25, 0.3) is 0 Å². The van der Waals surface area contributed by atoms with Gasteiger partial charge in [0.1, 0.15) is 5.82 Å². The minimum atomic E-state index is -0.542. The highest BCUT2D eigenvalue weighted by Gasteiger charge is 2.38. The Morgan fingerprint density at radius 1 is 1.12 bits per heavy atom. The van der Waals surface area contributed by atoms with Crippen molar-refractivity contribution in [3.63, 3.8) is 0 Å². The van der Waals surface area contributed by atoms with Gasteiger partial charge in [-0.25, -0.2) is 4.98 Å². The Kier molecular flexibility index (Phi) is 5.08. The fourth-order valence-corrected chi connectivity index (χ4v) is 2.76. The van der Waals surface area contributed by atoms with Gasteiger partial charge in [0.25, 0.3) is 0 Å². The van der Waals surface area contributed by atoms with E-state index >= 15 is 0 Å². The number of ether oxygens (including phenoxy) is 1. The van der Waals surface area contributed by atoms with Crippen LogP contribution in [0.1, 0.15) is 12.8 Å². The molecule has 2 heterocycles. The number of carbonyl (C=O) groups is 1. The van der Waals surface area contributed by atoms with Gasteiger partial charge in [0.05, 0.1) is 17.3 Å². The van der Waals surface area contributed by atoms with Crippen molar-refractivity contribution in [2.75, 3.05) is 30.4 Å². The zero-order valence-corrected chi connectivity index (χ0v) is 13.5. The molecule has 0 unspecified atom stereocenters. The van der Waals surface area contributed by atoms with E-state index in [1.165, 1.54) is 0 Å². The lowest BCUT2D eigenvalue weighted by atomic mass is 9.79. The molecular formula is C18H22N4O2. The first-order valence-corrected chi connectivity index (χ1v) is 8.09. The number of rotatable bonds is 5. The Bertz CT molecular complexity index is 667. The first-order chi connectivity index (χ1) is 11.7. The molecule has 24 heavy (non-hydrogen) atoms. The van der Waals surface area contributed by atoms with Crippen molar-refractivity contribution in [3.05, 3.63) is 48.7 Å². The highest BCUT2D eigenvalue weighted by molar-refractivity contribution is 5.95. The lowest BCUT2D eigenvalue weighted by molar-refractivity contribution is -0.130. The van der Waals surface area contributed by atoms with Gasteiger partial charge < -0.3 is 21.1 Å². The topological polar surface area (TPSA) is 89.3 Å². The molecule has 126 valence electrons. The number of anilines is 3. The Hall–Kier alpha value is -2.44. The molecule has 1 saturated heterocycles. The maximum Gasteiger partial charge on any atom is 0.232 e.